The van der Waals surface area contributed by atoms with Crippen LogP contribution in [0, 0.1) is 12.8 Å². The maximum absolute atomic E-state index is 13.8. The molecule has 1 aliphatic rings. The van der Waals surface area contributed by atoms with Crippen LogP contribution in [0.25, 0.3) is 0 Å². The van der Waals surface area contributed by atoms with Gasteiger partial charge in [-0.15, -0.1) is 11.3 Å². The number of amides is 2. The van der Waals surface area contributed by atoms with Gasteiger partial charge in [0.2, 0.25) is 5.91 Å². The maximum atomic E-state index is 13.8. The largest absolute Gasteiger partial charge is 0.497 e. The van der Waals surface area contributed by atoms with E-state index in [1.807, 2.05) is 18.7 Å². The van der Waals surface area contributed by atoms with Crippen molar-refractivity contribution in [3.05, 3.63) is 81.0 Å². The van der Waals surface area contributed by atoms with Crippen LogP contribution in [0.5, 0.6) is 11.5 Å². The first kappa shape index (κ1) is 25.8. The molecule has 0 saturated heterocycles. The van der Waals surface area contributed by atoms with Crippen LogP contribution in [0.15, 0.2) is 53.9 Å². The number of methoxy groups -OCH3 is 2. The molecule has 0 fully saturated rings. The lowest BCUT2D eigenvalue weighted by molar-refractivity contribution is -0.134. The van der Waals surface area contributed by atoms with Crippen molar-refractivity contribution in [2.45, 2.75) is 33.2 Å². The molecular weight excluding hydrogens is 472 g/mol. The molecule has 0 radical (unpaired) electrons. The zero-order valence-electron chi connectivity index (χ0n) is 21.6. The SMILES string of the molecule is COc1cc(OC)cc(C(=O)N(CC(=O)N2CCc3sccc3C2c2ccc(C)cc2)CC(C)C)c1. The van der Waals surface area contributed by atoms with Gasteiger partial charge in [-0.1, -0.05) is 43.7 Å². The van der Waals surface area contributed by atoms with Crippen molar-refractivity contribution in [3.63, 3.8) is 0 Å². The molecule has 1 aliphatic heterocycles. The van der Waals surface area contributed by atoms with Gasteiger partial charge in [-0.2, -0.15) is 0 Å². The van der Waals surface area contributed by atoms with E-state index in [1.165, 1.54) is 16.0 Å². The molecule has 0 saturated carbocycles. The third kappa shape index (κ3) is 5.57. The normalized spacial score (nSPS) is 14.9. The van der Waals surface area contributed by atoms with Crippen LogP contribution in [0.1, 0.15) is 51.8 Å². The Morgan fingerprint density at radius 2 is 1.72 bits per heavy atom. The Morgan fingerprint density at radius 1 is 1.06 bits per heavy atom. The third-order valence-corrected chi connectivity index (χ3v) is 7.47. The molecule has 0 N–H and O–H groups in total. The molecule has 2 heterocycles. The molecule has 0 aliphatic carbocycles. The summed E-state index contributed by atoms with van der Waals surface area (Å²) >= 11 is 1.75. The van der Waals surface area contributed by atoms with E-state index in [0.717, 1.165) is 12.0 Å². The number of rotatable bonds is 8. The van der Waals surface area contributed by atoms with Gasteiger partial charge in [0.1, 0.15) is 18.0 Å². The first-order valence-corrected chi connectivity index (χ1v) is 13.1. The van der Waals surface area contributed by atoms with E-state index in [2.05, 4.69) is 42.6 Å². The van der Waals surface area contributed by atoms with E-state index < -0.39 is 0 Å². The van der Waals surface area contributed by atoms with E-state index in [0.29, 0.717) is 30.2 Å². The van der Waals surface area contributed by atoms with E-state index in [4.69, 9.17) is 9.47 Å². The lowest BCUT2D eigenvalue weighted by Gasteiger charge is -2.38. The summed E-state index contributed by atoms with van der Waals surface area (Å²) in [5.41, 5.74) is 3.89. The van der Waals surface area contributed by atoms with Crippen LogP contribution in [0.2, 0.25) is 0 Å². The molecule has 1 unspecified atom stereocenters. The van der Waals surface area contributed by atoms with Gasteiger partial charge >= 0.3 is 0 Å². The summed E-state index contributed by atoms with van der Waals surface area (Å²) < 4.78 is 10.7. The van der Waals surface area contributed by atoms with Crippen LogP contribution in [0.3, 0.4) is 0 Å². The molecule has 3 aromatic rings. The van der Waals surface area contributed by atoms with Crippen molar-refractivity contribution < 1.29 is 19.1 Å². The summed E-state index contributed by atoms with van der Waals surface area (Å²) in [6, 6.07) is 15.5. The highest BCUT2D eigenvalue weighted by Crippen LogP contribution is 2.38. The van der Waals surface area contributed by atoms with Crippen LogP contribution >= 0.6 is 11.3 Å². The van der Waals surface area contributed by atoms with E-state index in [1.54, 1.807) is 48.7 Å². The summed E-state index contributed by atoms with van der Waals surface area (Å²) in [6.07, 6.45) is 0.826. The van der Waals surface area contributed by atoms with Gasteiger partial charge in [0, 0.05) is 29.6 Å². The predicted octanol–water partition coefficient (Wildman–Crippen LogP) is 5.35. The average Bonchev–Trinajstić information content (AvgIpc) is 3.36. The molecule has 1 aromatic heterocycles. The first-order valence-electron chi connectivity index (χ1n) is 12.2. The Hall–Kier alpha value is -3.32. The predicted molar refractivity (Wildman–Crippen MR) is 143 cm³/mol. The molecule has 0 bridgehead atoms. The highest BCUT2D eigenvalue weighted by atomic mass is 32.1. The molecule has 4 rings (SSSR count). The highest BCUT2D eigenvalue weighted by molar-refractivity contribution is 7.10. The summed E-state index contributed by atoms with van der Waals surface area (Å²) in [7, 11) is 3.11. The van der Waals surface area contributed by atoms with Gasteiger partial charge in [-0.3, -0.25) is 9.59 Å². The number of hydrogen-bond acceptors (Lipinski definition) is 5. The minimum Gasteiger partial charge on any atom is -0.497 e. The minimum atomic E-state index is -0.214. The minimum absolute atomic E-state index is 0.0123. The monoisotopic (exact) mass is 506 g/mol. The molecule has 2 amide bonds. The summed E-state index contributed by atoms with van der Waals surface area (Å²) in [6.45, 7) is 7.26. The van der Waals surface area contributed by atoms with E-state index in [-0.39, 0.29) is 30.3 Å². The Balaban J connectivity index is 1.63. The number of ether oxygens (including phenoxy) is 2. The fourth-order valence-electron chi connectivity index (χ4n) is 4.72. The molecule has 1 atom stereocenters. The zero-order valence-corrected chi connectivity index (χ0v) is 22.4. The topological polar surface area (TPSA) is 59.1 Å². The van der Waals surface area contributed by atoms with Crippen LogP contribution in [-0.2, 0) is 11.2 Å². The van der Waals surface area contributed by atoms with E-state index >= 15 is 0 Å². The molecular formula is C29H34N2O4S. The average molecular weight is 507 g/mol. The maximum Gasteiger partial charge on any atom is 0.254 e. The summed E-state index contributed by atoms with van der Waals surface area (Å²) in [4.78, 5) is 32.4. The number of hydrogen-bond donors (Lipinski definition) is 0. The Bertz CT molecular complexity index is 1200. The Kier molecular flexibility index (Phi) is 7.99. The Morgan fingerprint density at radius 3 is 2.33 bits per heavy atom. The number of nitrogens with zero attached hydrogens (tertiary/aromatic N) is 2. The summed E-state index contributed by atoms with van der Waals surface area (Å²) in [5.74, 6) is 1.01. The molecule has 190 valence electrons. The van der Waals surface area contributed by atoms with Gasteiger partial charge in [0.25, 0.3) is 5.91 Å². The van der Waals surface area contributed by atoms with Gasteiger partial charge < -0.3 is 19.3 Å². The number of carbonyl (C=O) groups excluding carboxylic acids is 2. The smallest absolute Gasteiger partial charge is 0.254 e. The Labute approximate surface area is 217 Å². The van der Waals surface area contributed by atoms with Gasteiger partial charge in [0.15, 0.2) is 0 Å². The molecule has 0 spiro atoms. The zero-order chi connectivity index (χ0) is 25.8. The van der Waals surface area contributed by atoms with Crippen molar-refractivity contribution >= 4 is 23.2 Å². The van der Waals surface area contributed by atoms with Crippen molar-refractivity contribution in [1.29, 1.82) is 0 Å². The van der Waals surface area contributed by atoms with Crippen molar-refractivity contribution in [2.24, 2.45) is 5.92 Å². The lowest BCUT2D eigenvalue weighted by Crippen LogP contribution is -2.47. The second-order valence-corrected chi connectivity index (χ2v) is 10.6. The molecule has 36 heavy (non-hydrogen) atoms. The third-order valence-electron chi connectivity index (χ3n) is 6.48. The number of aryl methyl sites for hydroxylation is 1. The highest BCUT2D eigenvalue weighted by Gasteiger charge is 2.34. The molecule has 2 aromatic carbocycles. The van der Waals surface area contributed by atoms with Crippen molar-refractivity contribution in [1.82, 2.24) is 9.80 Å². The lowest BCUT2D eigenvalue weighted by atomic mass is 9.92. The number of carbonyl (C=O) groups is 2. The fourth-order valence-corrected chi connectivity index (χ4v) is 5.62. The number of benzene rings is 2. The van der Waals surface area contributed by atoms with Crippen LogP contribution < -0.4 is 9.47 Å². The van der Waals surface area contributed by atoms with E-state index in [9.17, 15) is 9.59 Å². The number of thiophene rings is 1. The van der Waals surface area contributed by atoms with Crippen LogP contribution in [0.4, 0.5) is 0 Å². The molecule has 6 nitrogen and oxygen atoms in total. The quantitative estimate of drug-likeness (QED) is 0.414. The molecule has 7 heteroatoms. The number of fused-ring (bicyclic) bond motifs is 1. The fraction of sp³-hybridized carbons (Fsp3) is 0.379. The standard InChI is InChI=1S/C29H34N2O4S/c1-19(2)17-30(29(33)22-14-23(34-4)16-24(15-22)35-5)18-27(32)31-12-10-26-25(11-13-36-26)28(31)21-8-6-20(3)7-9-21/h6-9,11,13-16,19,28H,10,12,17-18H2,1-5H3. The van der Waals surface area contributed by atoms with Crippen molar-refractivity contribution in [2.75, 3.05) is 33.9 Å². The van der Waals surface area contributed by atoms with Crippen molar-refractivity contribution in [3.8, 4) is 11.5 Å². The van der Waals surface area contributed by atoms with Gasteiger partial charge in [-0.05, 0) is 54.0 Å². The summed E-state index contributed by atoms with van der Waals surface area (Å²) in [5, 5.41) is 2.10. The van der Waals surface area contributed by atoms with Crippen LogP contribution in [-0.4, -0.2) is 55.5 Å². The van der Waals surface area contributed by atoms with Gasteiger partial charge in [0.05, 0.1) is 20.3 Å². The van der Waals surface area contributed by atoms with Gasteiger partial charge in [-0.25, -0.2) is 0 Å². The second kappa shape index (κ2) is 11.2. The second-order valence-electron chi connectivity index (χ2n) is 9.63. The first-order chi connectivity index (χ1) is 17.3.